The van der Waals surface area contributed by atoms with Gasteiger partial charge in [0.05, 0.1) is 16.8 Å². The summed E-state index contributed by atoms with van der Waals surface area (Å²) in [6.07, 6.45) is 1.88. The summed E-state index contributed by atoms with van der Waals surface area (Å²) < 4.78 is 15.5. The number of thiazole rings is 1. The van der Waals surface area contributed by atoms with Crippen LogP contribution in [-0.4, -0.2) is 88.8 Å². The first kappa shape index (κ1) is 29.0. The van der Waals surface area contributed by atoms with Crippen LogP contribution >= 0.6 is 11.3 Å². The maximum atomic E-state index is 13.5. The SMILES string of the molecule is CCn1nc2nc(C)c(N3CCN(C(=O)C4CCN(C)CC4)CC3)cc2c1N(C)c1nc(-c2ccc(F)cc2)c(C#N)s1. The van der Waals surface area contributed by atoms with E-state index in [1.807, 2.05) is 35.4 Å². The van der Waals surface area contributed by atoms with Crippen molar-refractivity contribution < 1.29 is 9.18 Å². The number of fused-ring (bicyclic) bond motifs is 1. The third kappa shape index (κ3) is 5.55. The van der Waals surface area contributed by atoms with E-state index in [0.717, 1.165) is 61.6 Å². The van der Waals surface area contributed by atoms with E-state index in [9.17, 15) is 14.4 Å². The van der Waals surface area contributed by atoms with Crippen molar-refractivity contribution in [2.45, 2.75) is 33.2 Å². The predicted octanol–water partition coefficient (Wildman–Crippen LogP) is 4.65. The number of aryl methyl sites for hydroxylation is 2. The van der Waals surface area contributed by atoms with E-state index in [1.54, 1.807) is 12.1 Å². The van der Waals surface area contributed by atoms with E-state index in [-0.39, 0.29) is 11.7 Å². The van der Waals surface area contributed by atoms with E-state index < -0.39 is 0 Å². The van der Waals surface area contributed by atoms with Gasteiger partial charge >= 0.3 is 0 Å². The number of aromatic nitrogens is 4. The lowest BCUT2D eigenvalue weighted by Crippen LogP contribution is -2.51. The molecule has 0 unspecified atom stereocenters. The Morgan fingerprint density at radius 1 is 1.12 bits per heavy atom. The summed E-state index contributed by atoms with van der Waals surface area (Å²) >= 11 is 1.29. The number of nitriles is 1. The number of rotatable bonds is 6. The Balaban J connectivity index is 1.27. The van der Waals surface area contributed by atoms with Gasteiger partial charge in [0.2, 0.25) is 5.91 Å². The molecule has 12 heteroatoms. The second-order valence-corrected chi connectivity index (χ2v) is 12.3. The highest BCUT2D eigenvalue weighted by Gasteiger charge is 2.31. The smallest absolute Gasteiger partial charge is 0.225 e. The van der Waals surface area contributed by atoms with Crippen LogP contribution in [0.4, 0.5) is 21.0 Å². The molecule has 0 atom stereocenters. The van der Waals surface area contributed by atoms with Crippen molar-refractivity contribution in [3.63, 3.8) is 0 Å². The number of carbonyl (C=O) groups excluding carboxylic acids is 1. The first-order valence-electron chi connectivity index (χ1n) is 14.8. The number of piperidine rings is 1. The number of hydrogen-bond acceptors (Lipinski definition) is 9. The standard InChI is InChI=1S/C31H36FN9OS/c1-5-41-29(38(4)31-35-27(26(19-33)43-31)21-6-8-23(32)9-7-21)24-18-25(20(2)34-28(24)36-41)39-14-16-40(17-15-39)30(42)22-10-12-37(3)13-11-22/h6-9,18,22H,5,10-17H2,1-4H3. The van der Waals surface area contributed by atoms with Crippen LogP contribution in [0.2, 0.25) is 0 Å². The second kappa shape index (κ2) is 11.9. The molecule has 0 N–H and O–H groups in total. The lowest BCUT2D eigenvalue weighted by molar-refractivity contribution is -0.137. The Morgan fingerprint density at radius 2 is 1.81 bits per heavy atom. The summed E-state index contributed by atoms with van der Waals surface area (Å²) in [6.45, 7) is 9.53. The van der Waals surface area contributed by atoms with Gasteiger partial charge in [-0.1, -0.05) is 11.3 Å². The Morgan fingerprint density at radius 3 is 2.47 bits per heavy atom. The number of pyridine rings is 1. The Kier molecular flexibility index (Phi) is 8.03. The number of hydrogen-bond donors (Lipinski definition) is 0. The lowest BCUT2D eigenvalue weighted by Gasteiger charge is -2.39. The van der Waals surface area contributed by atoms with Gasteiger partial charge in [0.1, 0.15) is 28.3 Å². The summed E-state index contributed by atoms with van der Waals surface area (Å²) in [5.41, 5.74) is 3.81. The predicted molar refractivity (Wildman–Crippen MR) is 167 cm³/mol. The monoisotopic (exact) mass is 601 g/mol. The van der Waals surface area contributed by atoms with Crippen LogP contribution in [0.1, 0.15) is 30.3 Å². The van der Waals surface area contributed by atoms with E-state index >= 15 is 0 Å². The molecule has 0 bridgehead atoms. The fourth-order valence-electron chi connectivity index (χ4n) is 6.12. The summed E-state index contributed by atoms with van der Waals surface area (Å²) in [5.74, 6) is 0.936. The van der Waals surface area contributed by atoms with E-state index in [2.05, 4.69) is 29.0 Å². The van der Waals surface area contributed by atoms with Gasteiger partial charge in [0.15, 0.2) is 10.8 Å². The summed E-state index contributed by atoms with van der Waals surface area (Å²) in [7, 11) is 4.04. The largest absolute Gasteiger partial charge is 0.366 e. The van der Waals surface area contributed by atoms with Crippen LogP contribution in [0.5, 0.6) is 0 Å². The maximum Gasteiger partial charge on any atom is 0.225 e. The van der Waals surface area contributed by atoms with E-state index in [1.165, 1.54) is 23.5 Å². The van der Waals surface area contributed by atoms with Crippen LogP contribution in [0.3, 0.4) is 0 Å². The fraction of sp³-hybridized carbons (Fsp3) is 0.452. The molecule has 2 fully saturated rings. The van der Waals surface area contributed by atoms with Crippen molar-refractivity contribution in [3.8, 4) is 17.3 Å². The average Bonchev–Trinajstić information content (AvgIpc) is 3.62. The molecule has 224 valence electrons. The number of amides is 1. The van der Waals surface area contributed by atoms with Gasteiger partial charge in [-0.05, 0) is 77.2 Å². The first-order valence-corrected chi connectivity index (χ1v) is 15.6. The minimum absolute atomic E-state index is 0.136. The zero-order valence-electron chi connectivity index (χ0n) is 25.0. The van der Waals surface area contributed by atoms with Crippen LogP contribution < -0.4 is 9.80 Å². The molecule has 2 aliphatic rings. The molecule has 0 aliphatic carbocycles. The molecule has 5 heterocycles. The van der Waals surface area contributed by atoms with Crippen LogP contribution in [0.25, 0.3) is 22.3 Å². The number of benzene rings is 1. The third-order valence-corrected chi connectivity index (χ3v) is 9.64. The van der Waals surface area contributed by atoms with Gasteiger partial charge in [-0.3, -0.25) is 4.79 Å². The molecule has 43 heavy (non-hydrogen) atoms. The number of nitrogens with zero attached hydrogens (tertiary/aromatic N) is 9. The maximum absolute atomic E-state index is 13.5. The lowest BCUT2D eigenvalue weighted by atomic mass is 9.95. The van der Waals surface area contributed by atoms with Gasteiger partial charge in [-0.2, -0.15) is 10.4 Å². The molecule has 0 radical (unpaired) electrons. The Labute approximate surface area is 255 Å². The zero-order valence-corrected chi connectivity index (χ0v) is 25.9. The quantitative estimate of drug-likeness (QED) is 0.315. The van der Waals surface area contributed by atoms with Gasteiger partial charge < -0.3 is 19.6 Å². The molecule has 0 spiro atoms. The molecule has 2 aliphatic heterocycles. The Hall–Kier alpha value is -4.08. The number of likely N-dealkylation sites (tertiary alicyclic amines) is 1. The molecule has 6 rings (SSSR count). The van der Waals surface area contributed by atoms with Crippen molar-refractivity contribution in [1.29, 1.82) is 5.26 Å². The molecule has 0 saturated carbocycles. The number of carbonyl (C=O) groups is 1. The summed E-state index contributed by atoms with van der Waals surface area (Å²) in [5, 5.41) is 16.2. The fourth-order valence-corrected chi connectivity index (χ4v) is 6.97. The Bertz CT molecular complexity index is 1680. The molecule has 1 amide bonds. The first-order chi connectivity index (χ1) is 20.8. The summed E-state index contributed by atoms with van der Waals surface area (Å²) in [6, 6.07) is 10.4. The molecule has 3 aromatic heterocycles. The van der Waals surface area contributed by atoms with Crippen molar-refractivity contribution >= 4 is 44.9 Å². The number of anilines is 3. The second-order valence-electron chi connectivity index (χ2n) is 11.3. The normalized spacial score (nSPS) is 16.6. The van der Waals surface area contributed by atoms with Gasteiger partial charge in [-0.25, -0.2) is 19.0 Å². The number of halogens is 1. The molecule has 1 aromatic carbocycles. The highest BCUT2D eigenvalue weighted by atomic mass is 32.1. The highest BCUT2D eigenvalue weighted by Crippen LogP contribution is 2.39. The van der Waals surface area contributed by atoms with Crippen LogP contribution in [0, 0.1) is 30.0 Å². The van der Waals surface area contributed by atoms with Crippen molar-refractivity contribution in [1.82, 2.24) is 29.5 Å². The molecule has 10 nitrogen and oxygen atoms in total. The minimum atomic E-state index is -0.336. The summed E-state index contributed by atoms with van der Waals surface area (Å²) in [4.78, 5) is 32.0. The highest BCUT2D eigenvalue weighted by molar-refractivity contribution is 7.16. The van der Waals surface area contributed by atoms with Crippen molar-refractivity contribution in [2.75, 3.05) is 63.2 Å². The minimum Gasteiger partial charge on any atom is -0.366 e. The van der Waals surface area contributed by atoms with Crippen LogP contribution in [-0.2, 0) is 11.3 Å². The molecule has 2 saturated heterocycles. The van der Waals surface area contributed by atoms with Crippen molar-refractivity contribution in [2.24, 2.45) is 5.92 Å². The van der Waals surface area contributed by atoms with Gasteiger partial charge in [-0.15, -0.1) is 0 Å². The molecule has 4 aromatic rings. The zero-order chi connectivity index (χ0) is 30.2. The van der Waals surface area contributed by atoms with Gasteiger partial charge in [0, 0.05) is 51.3 Å². The van der Waals surface area contributed by atoms with Crippen LogP contribution in [0.15, 0.2) is 30.3 Å². The van der Waals surface area contributed by atoms with Gasteiger partial charge in [0.25, 0.3) is 0 Å². The topological polar surface area (TPSA) is 97.4 Å². The third-order valence-electron chi connectivity index (χ3n) is 8.61. The molecular formula is C31H36FN9OS. The van der Waals surface area contributed by atoms with E-state index in [0.29, 0.717) is 52.5 Å². The average molecular weight is 602 g/mol. The molecular weight excluding hydrogens is 565 g/mol. The number of piperazine rings is 1. The van der Waals surface area contributed by atoms with Crippen molar-refractivity contribution in [3.05, 3.63) is 46.7 Å². The van der Waals surface area contributed by atoms with E-state index in [4.69, 9.17) is 15.1 Å².